The Bertz CT molecular complexity index is 355. The fraction of sp³-hybridized carbons (Fsp3) is 0.400. The van der Waals surface area contributed by atoms with E-state index in [9.17, 15) is 4.79 Å². The van der Waals surface area contributed by atoms with E-state index < -0.39 is 0 Å². The molecular formula is C10H14N2OS. The average molecular weight is 210 g/mol. The standard InChI is InChI=1S/C10H14N2OS/c1-4-9-5-6-10(14-9)7(2)11-12-8(3)13/h5-6H,4H2,1-3H3,(H,12,13)/b11-7+. The Morgan fingerprint density at radius 3 is 2.71 bits per heavy atom. The van der Waals surface area contributed by atoms with Gasteiger partial charge in [0.25, 0.3) is 0 Å². The SMILES string of the molecule is CCc1ccc(/C(C)=N/NC(C)=O)s1. The lowest BCUT2D eigenvalue weighted by atomic mass is 10.3. The molecule has 1 amide bonds. The number of hydrazone groups is 1. The maximum Gasteiger partial charge on any atom is 0.236 e. The monoisotopic (exact) mass is 210 g/mol. The summed E-state index contributed by atoms with van der Waals surface area (Å²) in [6.07, 6.45) is 1.04. The van der Waals surface area contributed by atoms with Crippen LogP contribution >= 0.6 is 11.3 Å². The summed E-state index contributed by atoms with van der Waals surface area (Å²) in [5, 5.41) is 3.97. The smallest absolute Gasteiger partial charge is 0.236 e. The lowest BCUT2D eigenvalue weighted by Gasteiger charge is -1.96. The van der Waals surface area contributed by atoms with E-state index in [1.807, 2.05) is 13.0 Å². The van der Waals surface area contributed by atoms with Gasteiger partial charge in [-0.15, -0.1) is 11.3 Å². The van der Waals surface area contributed by atoms with Crippen LogP contribution in [0.1, 0.15) is 30.5 Å². The zero-order valence-corrected chi connectivity index (χ0v) is 9.44. The molecule has 1 heterocycles. The number of thiophene rings is 1. The van der Waals surface area contributed by atoms with Crippen molar-refractivity contribution >= 4 is 23.0 Å². The Kier molecular flexibility index (Phi) is 3.83. The Morgan fingerprint density at radius 1 is 1.50 bits per heavy atom. The van der Waals surface area contributed by atoms with Gasteiger partial charge in [-0.05, 0) is 25.5 Å². The summed E-state index contributed by atoms with van der Waals surface area (Å²) in [6.45, 7) is 5.46. The minimum Gasteiger partial charge on any atom is -0.274 e. The molecule has 0 aliphatic rings. The van der Waals surface area contributed by atoms with Crippen LogP contribution in [0.2, 0.25) is 0 Å². The largest absolute Gasteiger partial charge is 0.274 e. The molecule has 1 aromatic rings. The summed E-state index contributed by atoms with van der Waals surface area (Å²) in [7, 11) is 0. The van der Waals surface area contributed by atoms with E-state index in [4.69, 9.17) is 0 Å². The highest BCUT2D eigenvalue weighted by Gasteiger charge is 2.01. The summed E-state index contributed by atoms with van der Waals surface area (Å²) >= 11 is 1.71. The highest BCUT2D eigenvalue weighted by Crippen LogP contribution is 2.17. The summed E-state index contributed by atoms with van der Waals surface area (Å²) in [5.41, 5.74) is 3.28. The Morgan fingerprint density at radius 2 is 2.21 bits per heavy atom. The fourth-order valence-electron chi connectivity index (χ4n) is 0.980. The van der Waals surface area contributed by atoms with Gasteiger partial charge in [0.1, 0.15) is 0 Å². The minimum atomic E-state index is -0.142. The maximum atomic E-state index is 10.6. The normalized spacial score (nSPS) is 11.5. The molecule has 0 bridgehead atoms. The van der Waals surface area contributed by atoms with E-state index in [0.29, 0.717) is 0 Å². The van der Waals surface area contributed by atoms with Crippen molar-refractivity contribution in [3.63, 3.8) is 0 Å². The highest BCUT2D eigenvalue weighted by atomic mass is 32.1. The molecule has 0 aromatic carbocycles. The third kappa shape index (κ3) is 2.96. The molecule has 0 aliphatic carbocycles. The summed E-state index contributed by atoms with van der Waals surface area (Å²) in [6, 6.07) is 4.12. The molecule has 0 saturated carbocycles. The lowest BCUT2D eigenvalue weighted by molar-refractivity contribution is -0.118. The van der Waals surface area contributed by atoms with E-state index >= 15 is 0 Å². The maximum absolute atomic E-state index is 10.6. The first-order valence-electron chi connectivity index (χ1n) is 4.53. The number of carbonyl (C=O) groups is 1. The van der Waals surface area contributed by atoms with Gasteiger partial charge in [-0.25, -0.2) is 5.43 Å². The molecule has 0 radical (unpaired) electrons. The van der Waals surface area contributed by atoms with Crippen molar-refractivity contribution in [2.75, 3.05) is 0 Å². The van der Waals surface area contributed by atoms with Crippen molar-refractivity contribution in [2.24, 2.45) is 5.10 Å². The number of rotatable bonds is 3. The van der Waals surface area contributed by atoms with E-state index in [2.05, 4.69) is 23.5 Å². The second-order valence-corrected chi connectivity index (χ2v) is 4.15. The van der Waals surface area contributed by atoms with Crippen LogP contribution < -0.4 is 5.43 Å². The van der Waals surface area contributed by atoms with Gasteiger partial charge in [-0.3, -0.25) is 4.79 Å². The quantitative estimate of drug-likeness (QED) is 0.603. The first kappa shape index (κ1) is 10.9. The second kappa shape index (κ2) is 4.91. The Labute approximate surface area is 87.8 Å². The van der Waals surface area contributed by atoms with Crippen LogP contribution in [0.5, 0.6) is 0 Å². The molecular weight excluding hydrogens is 196 g/mol. The first-order valence-corrected chi connectivity index (χ1v) is 5.35. The predicted octanol–water partition coefficient (Wildman–Crippen LogP) is 2.17. The van der Waals surface area contributed by atoms with Crippen molar-refractivity contribution in [3.8, 4) is 0 Å². The fourth-order valence-corrected chi connectivity index (χ4v) is 1.87. The number of carbonyl (C=O) groups excluding carboxylic acids is 1. The van der Waals surface area contributed by atoms with Gasteiger partial charge >= 0.3 is 0 Å². The van der Waals surface area contributed by atoms with E-state index in [1.54, 1.807) is 11.3 Å². The molecule has 76 valence electrons. The number of nitrogens with one attached hydrogen (secondary N) is 1. The molecule has 0 aliphatic heterocycles. The van der Waals surface area contributed by atoms with Gasteiger partial charge in [-0.1, -0.05) is 6.92 Å². The third-order valence-corrected chi connectivity index (χ3v) is 3.09. The van der Waals surface area contributed by atoms with Crippen LogP contribution in [-0.4, -0.2) is 11.6 Å². The van der Waals surface area contributed by atoms with E-state index in [0.717, 1.165) is 17.0 Å². The number of nitrogens with zero attached hydrogens (tertiary/aromatic N) is 1. The number of aryl methyl sites for hydroxylation is 1. The number of hydrogen-bond acceptors (Lipinski definition) is 3. The Hall–Kier alpha value is -1.16. The molecule has 14 heavy (non-hydrogen) atoms. The molecule has 0 unspecified atom stereocenters. The van der Waals surface area contributed by atoms with Crippen molar-refractivity contribution in [1.82, 2.24) is 5.43 Å². The van der Waals surface area contributed by atoms with Crippen LogP contribution in [-0.2, 0) is 11.2 Å². The van der Waals surface area contributed by atoms with Gasteiger partial charge in [0, 0.05) is 11.8 Å². The van der Waals surface area contributed by atoms with Gasteiger partial charge in [-0.2, -0.15) is 5.10 Å². The minimum absolute atomic E-state index is 0.142. The van der Waals surface area contributed by atoms with Crippen LogP contribution in [0.15, 0.2) is 17.2 Å². The van der Waals surface area contributed by atoms with Crippen molar-refractivity contribution in [2.45, 2.75) is 27.2 Å². The topological polar surface area (TPSA) is 41.5 Å². The van der Waals surface area contributed by atoms with Crippen LogP contribution in [0.4, 0.5) is 0 Å². The summed E-state index contributed by atoms with van der Waals surface area (Å²) in [5.74, 6) is -0.142. The molecule has 1 aromatic heterocycles. The second-order valence-electron chi connectivity index (χ2n) is 2.98. The number of hydrogen-bond donors (Lipinski definition) is 1. The van der Waals surface area contributed by atoms with Crippen LogP contribution in [0, 0.1) is 0 Å². The summed E-state index contributed by atoms with van der Waals surface area (Å²) in [4.78, 5) is 13.1. The molecule has 1 rings (SSSR count). The Balaban J connectivity index is 2.73. The highest BCUT2D eigenvalue weighted by molar-refractivity contribution is 7.14. The molecule has 3 nitrogen and oxygen atoms in total. The molecule has 1 N–H and O–H groups in total. The lowest BCUT2D eigenvalue weighted by Crippen LogP contribution is -2.14. The molecule has 4 heteroatoms. The predicted molar refractivity (Wildman–Crippen MR) is 59.7 cm³/mol. The van der Waals surface area contributed by atoms with Gasteiger partial charge in [0.15, 0.2) is 0 Å². The van der Waals surface area contributed by atoms with Crippen molar-refractivity contribution in [1.29, 1.82) is 0 Å². The van der Waals surface area contributed by atoms with Gasteiger partial charge in [0.05, 0.1) is 10.6 Å². The first-order chi connectivity index (χ1) is 6.63. The zero-order chi connectivity index (χ0) is 10.6. The zero-order valence-electron chi connectivity index (χ0n) is 8.63. The van der Waals surface area contributed by atoms with Gasteiger partial charge in [0.2, 0.25) is 5.91 Å². The summed E-state index contributed by atoms with van der Waals surface area (Å²) < 4.78 is 0. The van der Waals surface area contributed by atoms with Crippen LogP contribution in [0.3, 0.4) is 0 Å². The van der Waals surface area contributed by atoms with Crippen molar-refractivity contribution in [3.05, 3.63) is 21.9 Å². The molecule has 0 saturated heterocycles. The van der Waals surface area contributed by atoms with Gasteiger partial charge < -0.3 is 0 Å². The average Bonchev–Trinajstić information content (AvgIpc) is 2.62. The van der Waals surface area contributed by atoms with E-state index in [1.165, 1.54) is 11.8 Å². The molecule has 0 atom stereocenters. The number of amides is 1. The van der Waals surface area contributed by atoms with Crippen LogP contribution in [0.25, 0.3) is 0 Å². The molecule has 0 fully saturated rings. The van der Waals surface area contributed by atoms with Crippen molar-refractivity contribution < 1.29 is 4.79 Å². The van der Waals surface area contributed by atoms with E-state index in [-0.39, 0.29) is 5.91 Å². The molecule has 0 spiro atoms. The third-order valence-electron chi connectivity index (χ3n) is 1.75.